The third kappa shape index (κ3) is 19.9. The van der Waals surface area contributed by atoms with Crippen LogP contribution in [0.1, 0.15) is 88.6 Å². The van der Waals surface area contributed by atoms with Gasteiger partial charge < -0.3 is 55.4 Å². The average molecular weight is 1100 g/mol. The first kappa shape index (κ1) is 62.6. The van der Waals surface area contributed by atoms with Crippen LogP contribution in [0.25, 0.3) is 11.3 Å². The Morgan fingerprint density at radius 1 is 0.747 bits per heavy atom. The van der Waals surface area contributed by atoms with Gasteiger partial charge >= 0.3 is 0 Å². The molecule has 20 nitrogen and oxygen atoms in total. The Hall–Kier alpha value is -7.24. The lowest BCUT2D eigenvalue weighted by molar-refractivity contribution is -0.137. The zero-order valence-electron chi connectivity index (χ0n) is 45.9. The molecule has 2 unspecified atom stereocenters. The van der Waals surface area contributed by atoms with Crippen molar-refractivity contribution >= 4 is 47.0 Å². The second kappa shape index (κ2) is 31.4. The molecular formula is C57H75F2N9O11. The number of hydrogen-bond acceptors (Lipinski definition) is 13. The summed E-state index contributed by atoms with van der Waals surface area (Å²) in [5.41, 5.74) is 7.18. The van der Waals surface area contributed by atoms with Gasteiger partial charge in [0.25, 0.3) is 17.7 Å². The van der Waals surface area contributed by atoms with Gasteiger partial charge in [-0.1, -0.05) is 65.0 Å². The molecule has 5 rings (SSSR count). The van der Waals surface area contributed by atoms with Crippen LogP contribution in [-0.4, -0.2) is 152 Å². The molecule has 1 aliphatic rings. The number of imide groups is 1. The van der Waals surface area contributed by atoms with Gasteiger partial charge in [0.05, 0.1) is 64.6 Å². The van der Waals surface area contributed by atoms with E-state index in [1.54, 1.807) is 49.2 Å². The Morgan fingerprint density at radius 3 is 1.97 bits per heavy atom. The minimum absolute atomic E-state index is 0.00490. The highest BCUT2D eigenvalue weighted by molar-refractivity contribution is 6.13. The predicted molar refractivity (Wildman–Crippen MR) is 291 cm³/mol. The molecular weight excluding hydrogens is 1020 g/mol. The molecule has 1 aliphatic heterocycles. The van der Waals surface area contributed by atoms with Crippen molar-refractivity contribution in [2.24, 2.45) is 17.1 Å². The molecule has 0 fully saturated rings. The number of halogens is 2. The first-order chi connectivity index (χ1) is 37.8. The standard InChI is InChI=1S/C57H75F2N9O11/c1-38(2)51(65-48(70)22-27-76-29-31-78-33-34-79-32-30-77-28-24-61-47(69)21-26-67-49(71)19-20-50(67)72)55(74)62-39(3)54(73)63-43-16-13-41(14-17-43)56(75)68(25-10-23-60)52(57(4,5)6)53-64-46(44-35-42(58)15-18-45(44)59)37-66(53)36-40-11-8-7-9-12-40/h7-9,11-20,35,37-39,51-52H,10,21-34,36,60H2,1-6H3,(H,61,69)(H,62,74)(H,63,73)(H,65,70)/t39-,51?,52?/m0/s1. The Labute approximate surface area is 460 Å². The molecule has 0 saturated carbocycles. The molecule has 0 spiro atoms. The van der Waals surface area contributed by atoms with E-state index in [9.17, 15) is 38.0 Å². The predicted octanol–water partition coefficient (Wildman–Crippen LogP) is 4.93. The zero-order valence-corrected chi connectivity index (χ0v) is 45.9. The molecule has 3 atom stereocenters. The number of benzene rings is 3. The Balaban J connectivity index is 1.04. The van der Waals surface area contributed by atoms with Gasteiger partial charge in [-0.15, -0.1) is 0 Å². The van der Waals surface area contributed by atoms with Gasteiger partial charge in [0.1, 0.15) is 29.5 Å². The van der Waals surface area contributed by atoms with Crippen LogP contribution in [0.3, 0.4) is 0 Å². The largest absolute Gasteiger partial charge is 0.379 e. The van der Waals surface area contributed by atoms with Crippen molar-refractivity contribution in [1.82, 2.24) is 35.3 Å². The van der Waals surface area contributed by atoms with Gasteiger partial charge in [0.2, 0.25) is 23.6 Å². The second-order valence-corrected chi connectivity index (χ2v) is 20.2. The summed E-state index contributed by atoms with van der Waals surface area (Å²) in [6.07, 6.45) is 4.46. The summed E-state index contributed by atoms with van der Waals surface area (Å²) in [6, 6.07) is 16.5. The number of anilines is 1. The molecule has 7 amide bonds. The minimum Gasteiger partial charge on any atom is -0.379 e. The third-order valence-electron chi connectivity index (χ3n) is 12.5. The lowest BCUT2D eigenvalue weighted by atomic mass is 9.84. The SMILES string of the molecule is CC(C)C(NC(=O)CCOCCOCCOCCOCCNC(=O)CCN1C(=O)C=CC1=O)C(=O)N[C@@H](C)C(=O)Nc1ccc(C(=O)N(CCCN)C(c2nc(-c3cc(F)ccc3F)cn2Cc2ccccc2)C(C)(C)C)cc1. The Kier molecular flexibility index (Phi) is 24.9. The summed E-state index contributed by atoms with van der Waals surface area (Å²) < 4.78 is 53.5. The van der Waals surface area contributed by atoms with E-state index in [1.165, 1.54) is 19.1 Å². The monoisotopic (exact) mass is 1100 g/mol. The number of nitrogens with one attached hydrogen (secondary N) is 4. The summed E-state index contributed by atoms with van der Waals surface area (Å²) in [4.78, 5) is 96.9. The first-order valence-corrected chi connectivity index (χ1v) is 26.5. The number of nitrogens with zero attached hydrogens (tertiary/aromatic N) is 4. The molecule has 4 aromatic rings. The van der Waals surface area contributed by atoms with E-state index in [0.29, 0.717) is 63.0 Å². The van der Waals surface area contributed by atoms with Crippen LogP contribution in [0.2, 0.25) is 0 Å². The summed E-state index contributed by atoms with van der Waals surface area (Å²) in [6.45, 7) is 14.2. The van der Waals surface area contributed by atoms with Gasteiger partial charge in [0, 0.05) is 74.2 Å². The molecule has 428 valence electrons. The highest BCUT2D eigenvalue weighted by Gasteiger charge is 2.39. The molecule has 6 N–H and O–H groups in total. The van der Waals surface area contributed by atoms with Crippen molar-refractivity contribution in [2.75, 3.05) is 84.4 Å². The number of imidazole rings is 1. The van der Waals surface area contributed by atoms with E-state index in [-0.39, 0.29) is 87.9 Å². The van der Waals surface area contributed by atoms with Crippen LogP contribution in [0.5, 0.6) is 0 Å². The number of carbonyl (C=O) groups excluding carboxylic acids is 7. The summed E-state index contributed by atoms with van der Waals surface area (Å²) in [7, 11) is 0. The molecule has 0 bridgehead atoms. The second-order valence-electron chi connectivity index (χ2n) is 20.2. The topological polar surface area (TPSA) is 255 Å². The number of hydrogen-bond donors (Lipinski definition) is 5. The number of amides is 7. The lowest BCUT2D eigenvalue weighted by Crippen LogP contribution is -2.53. The molecule has 79 heavy (non-hydrogen) atoms. The van der Waals surface area contributed by atoms with E-state index in [0.717, 1.165) is 28.7 Å². The number of carbonyl (C=O) groups is 7. The molecule has 1 aromatic heterocycles. The fourth-order valence-electron chi connectivity index (χ4n) is 8.39. The van der Waals surface area contributed by atoms with E-state index in [4.69, 9.17) is 29.7 Å². The van der Waals surface area contributed by atoms with Crippen LogP contribution >= 0.6 is 0 Å². The molecule has 0 aliphatic carbocycles. The van der Waals surface area contributed by atoms with Gasteiger partial charge in [-0.05, 0) is 79.3 Å². The Morgan fingerprint density at radius 2 is 1.37 bits per heavy atom. The quantitative estimate of drug-likeness (QED) is 0.0314. The van der Waals surface area contributed by atoms with Crippen molar-refractivity contribution < 1.29 is 61.3 Å². The fraction of sp³-hybridized carbons (Fsp3) is 0.474. The van der Waals surface area contributed by atoms with Crippen molar-refractivity contribution in [3.05, 3.63) is 120 Å². The number of nitrogens with two attached hydrogens (primary N) is 1. The van der Waals surface area contributed by atoms with Crippen LogP contribution in [-0.2, 0) is 54.3 Å². The Bertz CT molecular complexity index is 2680. The van der Waals surface area contributed by atoms with Gasteiger partial charge in [-0.3, -0.25) is 38.5 Å². The van der Waals surface area contributed by atoms with Crippen molar-refractivity contribution in [3.8, 4) is 11.3 Å². The molecule has 3 aromatic carbocycles. The van der Waals surface area contributed by atoms with Crippen LogP contribution < -0.4 is 27.0 Å². The summed E-state index contributed by atoms with van der Waals surface area (Å²) in [5.74, 6) is -4.11. The zero-order chi connectivity index (χ0) is 57.5. The number of aromatic nitrogens is 2. The van der Waals surface area contributed by atoms with Crippen molar-refractivity contribution in [3.63, 3.8) is 0 Å². The number of rotatable bonds is 33. The van der Waals surface area contributed by atoms with Gasteiger partial charge in [0.15, 0.2) is 0 Å². The summed E-state index contributed by atoms with van der Waals surface area (Å²) >= 11 is 0. The fourth-order valence-corrected chi connectivity index (χ4v) is 8.39. The first-order valence-electron chi connectivity index (χ1n) is 26.5. The van der Waals surface area contributed by atoms with E-state index in [1.807, 2.05) is 55.7 Å². The van der Waals surface area contributed by atoms with Crippen molar-refractivity contribution in [2.45, 2.75) is 85.5 Å². The van der Waals surface area contributed by atoms with Gasteiger partial charge in [-0.2, -0.15) is 0 Å². The maximum Gasteiger partial charge on any atom is 0.254 e. The van der Waals surface area contributed by atoms with E-state index < -0.39 is 64.7 Å². The molecule has 0 saturated heterocycles. The van der Waals surface area contributed by atoms with E-state index >= 15 is 4.39 Å². The normalized spacial score (nSPS) is 13.6. The van der Waals surface area contributed by atoms with Gasteiger partial charge in [-0.25, -0.2) is 13.8 Å². The van der Waals surface area contributed by atoms with Crippen LogP contribution in [0, 0.1) is 23.0 Å². The smallest absolute Gasteiger partial charge is 0.254 e. The molecule has 22 heteroatoms. The summed E-state index contributed by atoms with van der Waals surface area (Å²) in [5, 5.41) is 10.9. The van der Waals surface area contributed by atoms with Crippen LogP contribution in [0.4, 0.5) is 14.5 Å². The minimum atomic E-state index is -1.01. The maximum atomic E-state index is 15.2. The molecule has 0 radical (unpaired) electrons. The average Bonchev–Trinajstić information content (AvgIpc) is 4.06. The van der Waals surface area contributed by atoms with E-state index in [2.05, 4.69) is 21.3 Å². The molecule has 2 heterocycles. The van der Waals surface area contributed by atoms with Crippen molar-refractivity contribution in [1.29, 1.82) is 0 Å². The van der Waals surface area contributed by atoms with Crippen LogP contribution in [0.15, 0.2) is 91.1 Å². The highest BCUT2D eigenvalue weighted by Crippen LogP contribution is 2.40. The third-order valence-corrected chi connectivity index (χ3v) is 12.5. The highest BCUT2D eigenvalue weighted by atomic mass is 19.1. The number of ether oxygens (including phenoxy) is 4. The lowest BCUT2D eigenvalue weighted by Gasteiger charge is -2.40. The maximum absolute atomic E-state index is 15.2.